The zero-order valence-electron chi connectivity index (χ0n) is 21.9. The second-order valence-electron chi connectivity index (χ2n) is 11.0. The summed E-state index contributed by atoms with van der Waals surface area (Å²) in [6, 6.07) is 7.90. The Labute approximate surface area is 214 Å². The van der Waals surface area contributed by atoms with Gasteiger partial charge in [0.25, 0.3) is 5.91 Å². The lowest BCUT2D eigenvalue weighted by atomic mass is 9.76. The first-order valence-electron chi connectivity index (χ1n) is 12.8. The maximum Gasteiger partial charge on any atom is 0.270 e. The average molecular weight is 491 g/mol. The summed E-state index contributed by atoms with van der Waals surface area (Å²) in [6.45, 7) is 14.6. The van der Waals surface area contributed by atoms with Gasteiger partial charge in [-0.1, -0.05) is 26.0 Å². The Morgan fingerprint density at radius 1 is 1.22 bits per heavy atom. The van der Waals surface area contributed by atoms with E-state index in [9.17, 15) is 4.79 Å². The zero-order chi connectivity index (χ0) is 25.8. The van der Waals surface area contributed by atoms with Crippen LogP contribution in [0.15, 0.2) is 36.5 Å². The molecule has 0 bridgehead atoms. The molecule has 7 nitrogen and oxygen atoms in total. The lowest BCUT2D eigenvalue weighted by molar-refractivity contribution is -0.118. The highest BCUT2D eigenvalue weighted by atomic mass is 16.5. The van der Waals surface area contributed by atoms with E-state index in [2.05, 4.69) is 66.2 Å². The smallest absolute Gasteiger partial charge is 0.270 e. The van der Waals surface area contributed by atoms with E-state index in [-0.39, 0.29) is 11.3 Å². The zero-order valence-corrected chi connectivity index (χ0v) is 21.9. The summed E-state index contributed by atoms with van der Waals surface area (Å²) in [6.07, 6.45) is 8.55. The summed E-state index contributed by atoms with van der Waals surface area (Å²) in [5, 5.41) is 3.10. The standard InChI is InChI=1S/C29H38N4O3/c1-28(2)10-8-21(9-11-28)24-18-22(29(12-15-35-16-13-29)36-17-14-33(4)5)6-7-25(24)32-27(34)26-19-23(30-3)20-31-26/h6-8,18-20,31H,9-17H2,1-2,4-5H3,(H,32,34). The molecule has 1 saturated heterocycles. The number of hydrogen-bond donors (Lipinski definition) is 2. The van der Waals surface area contributed by atoms with E-state index in [1.807, 2.05) is 6.07 Å². The van der Waals surface area contributed by atoms with Gasteiger partial charge in [0.05, 0.1) is 24.5 Å². The highest BCUT2D eigenvalue weighted by Crippen LogP contribution is 2.43. The van der Waals surface area contributed by atoms with Crippen molar-refractivity contribution in [3.05, 3.63) is 64.8 Å². The third-order valence-corrected chi connectivity index (χ3v) is 7.37. The summed E-state index contributed by atoms with van der Waals surface area (Å²) in [5.41, 5.74) is 4.91. The van der Waals surface area contributed by atoms with Crippen molar-refractivity contribution in [2.45, 2.75) is 51.6 Å². The number of ether oxygens (including phenoxy) is 2. The van der Waals surface area contributed by atoms with Gasteiger partial charge in [-0.15, -0.1) is 0 Å². The molecule has 2 aromatic rings. The minimum absolute atomic E-state index is 0.251. The summed E-state index contributed by atoms with van der Waals surface area (Å²) in [5.74, 6) is -0.251. The average Bonchev–Trinajstić information content (AvgIpc) is 3.34. The number of aromatic nitrogens is 1. The van der Waals surface area contributed by atoms with Crippen LogP contribution in [0.3, 0.4) is 0 Å². The SMILES string of the molecule is [C-]#[N+]c1c[nH]c(C(=O)Nc2ccc(C3(OCCN(C)C)CCOCC3)cc2C2=CCC(C)(C)CC2)c1. The van der Waals surface area contributed by atoms with Gasteiger partial charge in [0.15, 0.2) is 0 Å². The number of amides is 1. The number of carbonyl (C=O) groups is 1. The van der Waals surface area contributed by atoms with Gasteiger partial charge in [-0.3, -0.25) is 4.79 Å². The highest BCUT2D eigenvalue weighted by Gasteiger charge is 2.36. The van der Waals surface area contributed by atoms with Gasteiger partial charge in [-0.05, 0) is 68.1 Å². The van der Waals surface area contributed by atoms with Crippen molar-refractivity contribution < 1.29 is 14.3 Å². The number of anilines is 1. The normalized spacial score (nSPS) is 18.9. The van der Waals surface area contributed by atoms with Crippen LogP contribution < -0.4 is 5.32 Å². The van der Waals surface area contributed by atoms with E-state index >= 15 is 0 Å². The van der Waals surface area contributed by atoms with Crippen LogP contribution in [0.25, 0.3) is 10.4 Å². The van der Waals surface area contributed by atoms with Crippen LogP contribution in [0.5, 0.6) is 0 Å². The van der Waals surface area contributed by atoms with Crippen molar-refractivity contribution in [3.8, 4) is 0 Å². The maximum atomic E-state index is 13.0. The van der Waals surface area contributed by atoms with Gasteiger partial charge in [0.1, 0.15) is 0 Å². The Kier molecular flexibility index (Phi) is 7.99. The van der Waals surface area contributed by atoms with Gasteiger partial charge in [0.2, 0.25) is 5.69 Å². The first kappa shape index (κ1) is 26.2. The van der Waals surface area contributed by atoms with Crippen molar-refractivity contribution in [1.82, 2.24) is 9.88 Å². The molecule has 36 heavy (non-hydrogen) atoms. The van der Waals surface area contributed by atoms with E-state index in [0.717, 1.165) is 55.5 Å². The van der Waals surface area contributed by atoms with Gasteiger partial charge in [-0.25, -0.2) is 4.85 Å². The number of nitrogens with zero attached hydrogens (tertiary/aromatic N) is 2. The molecule has 0 spiro atoms. The summed E-state index contributed by atoms with van der Waals surface area (Å²) in [4.78, 5) is 21.5. The topological polar surface area (TPSA) is 71.0 Å². The van der Waals surface area contributed by atoms with Gasteiger partial charge < -0.3 is 24.7 Å². The number of hydrogen-bond acceptors (Lipinski definition) is 4. The molecule has 7 heteroatoms. The fraction of sp³-hybridized carbons (Fsp3) is 0.517. The Hall–Kier alpha value is -2.92. The van der Waals surface area contributed by atoms with Crippen molar-refractivity contribution in [2.75, 3.05) is 45.8 Å². The van der Waals surface area contributed by atoms with Gasteiger partial charge in [0, 0.05) is 50.0 Å². The molecular weight excluding hydrogens is 452 g/mol. The van der Waals surface area contributed by atoms with Crippen LogP contribution in [0.4, 0.5) is 11.4 Å². The number of nitrogens with one attached hydrogen (secondary N) is 2. The van der Waals surface area contributed by atoms with E-state index in [1.54, 1.807) is 12.3 Å². The maximum absolute atomic E-state index is 13.0. The third-order valence-electron chi connectivity index (χ3n) is 7.37. The first-order valence-corrected chi connectivity index (χ1v) is 12.8. The Bertz CT molecular complexity index is 1150. The molecule has 2 aliphatic rings. The molecule has 2 N–H and O–H groups in total. The second kappa shape index (κ2) is 11.0. The molecule has 192 valence electrons. The number of benzene rings is 1. The highest BCUT2D eigenvalue weighted by molar-refractivity contribution is 6.05. The molecule has 1 fully saturated rings. The number of allylic oxidation sites excluding steroid dienone is 2. The van der Waals surface area contributed by atoms with Gasteiger partial charge >= 0.3 is 0 Å². The second-order valence-corrected chi connectivity index (χ2v) is 11.0. The molecular formula is C29H38N4O3. The van der Waals surface area contributed by atoms with Crippen molar-refractivity contribution in [3.63, 3.8) is 0 Å². The quantitative estimate of drug-likeness (QED) is 0.446. The number of carbonyl (C=O) groups excluding carboxylic acids is 1. The number of H-pyrrole nitrogens is 1. The Morgan fingerprint density at radius 3 is 2.64 bits per heavy atom. The van der Waals surface area contributed by atoms with Gasteiger partial charge in [-0.2, -0.15) is 0 Å². The third kappa shape index (κ3) is 6.07. The van der Waals surface area contributed by atoms with E-state index in [0.29, 0.717) is 31.2 Å². The van der Waals surface area contributed by atoms with Crippen molar-refractivity contribution in [1.29, 1.82) is 0 Å². The van der Waals surface area contributed by atoms with Crippen LogP contribution in [-0.2, 0) is 15.1 Å². The minimum Gasteiger partial charge on any atom is -0.381 e. The molecule has 1 aromatic carbocycles. The van der Waals surface area contributed by atoms with E-state index < -0.39 is 5.60 Å². The molecule has 1 amide bonds. The Balaban J connectivity index is 1.69. The van der Waals surface area contributed by atoms with Crippen LogP contribution in [0.1, 0.15) is 67.6 Å². The predicted octanol–water partition coefficient (Wildman–Crippen LogP) is 6.00. The van der Waals surface area contributed by atoms with Crippen LogP contribution in [0, 0.1) is 12.0 Å². The van der Waals surface area contributed by atoms with Crippen LogP contribution >= 0.6 is 0 Å². The number of aromatic amines is 1. The molecule has 0 saturated carbocycles. The van der Waals surface area contributed by atoms with Crippen molar-refractivity contribution >= 4 is 22.9 Å². The fourth-order valence-corrected chi connectivity index (χ4v) is 4.93. The fourth-order valence-electron chi connectivity index (χ4n) is 4.93. The van der Waals surface area contributed by atoms with Crippen molar-refractivity contribution in [2.24, 2.45) is 5.41 Å². The minimum atomic E-state index is -0.399. The molecule has 1 aromatic heterocycles. The molecule has 4 rings (SSSR count). The predicted molar refractivity (Wildman–Crippen MR) is 143 cm³/mol. The van der Waals surface area contributed by atoms with Crippen LogP contribution in [0.2, 0.25) is 0 Å². The molecule has 0 atom stereocenters. The summed E-state index contributed by atoms with van der Waals surface area (Å²) in [7, 11) is 4.11. The summed E-state index contributed by atoms with van der Waals surface area (Å²) >= 11 is 0. The molecule has 1 aliphatic heterocycles. The van der Waals surface area contributed by atoms with E-state index in [4.69, 9.17) is 16.0 Å². The lowest BCUT2D eigenvalue weighted by Gasteiger charge is -2.38. The monoisotopic (exact) mass is 490 g/mol. The molecule has 2 heterocycles. The molecule has 1 aliphatic carbocycles. The summed E-state index contributed by atoms with van der Waals surface area (Å²) < 4.78 is 12.3. The van der Waals surface area contributed by atoms with Crippen LogP contribution in [-0.4, -0.2) is 56.3 Å². The first-order chi connectivity index (χ1) is 17.2. The number of rotatable bonds is 8. The molecule has 0 radical (unpaired) electrons. The molecule has 0 unspecified atom stereocenters. The number of likely N-dealkylation sites (N-methyl/N-ethyl adjacent to an activating group) is 1. The largest absolute Gasteiger partial charge is 0.381 e. The van der Waals surface area contributed by atoms with E-state index in [1.165, 1.54) is 5.57 Å². The lowest BCUT2D eigenvalue weighted by Crippen LogP contribution is -2.38. The Morgan fingerprint density at radius 2 is 2.00 bits per heavy atom.